The van der Waals surface area contributed by atoms with Gasteiger partial charge >= 0.3 is 11.9 Å². The molecule has 4 nitrogen and oxygen atoms in total. The number of hydrogen-bond acceptors (Lipinski definition) is 4. The minimum atomic E-state index is -0.411. The monoisotopic (exact) mass is 312 g/mol. The summed E-state index contributed by atoms with van der Waals surface area (Å²) in [6.07, 6.45) is 8.31. The van der Waals surface area contributed by atoms with Crippen molar-refractivity contribution in [2.45, 2.75) is 84.7 Å². The molecule has 1 aliphatic rings. The van der Waals surface area contributed by atoms with Crippen LogP contribution in [0.2, 0.25) is 0 Å². The molecule has 1 fully saturated rings. The summed E-state index contributed by atoms with van der Waals surface area (Å²) in [5, 5.41) is 0. The predicted octanol–water partition coefficient (Wildman–Crippen LogP) is 4.26. The van der Waals surface area contributed by atoms with Gasteiger partial charge in [0.05, 0.1) is 5.92 Å². The zero-order valence-corrected chi connectivity index (χ0v) is 14.7. The average molecular weight is 312 g/mol. The van der Waals surface area contributed by atoms with Gasteiger partial charge in [-0.1, -0.05) is 47.0 Å². The fourth-order valence-corrected chi connectivity index (χ4v) is 3.38. The first-order valence-electron chi connectivity index (χ1n) is 8.87. The van der Waals surface area contributed by atoms with E-state index in [-0.39, 0.29) is 24.1 Å². The van der Waals surface area contributed by atoms with Gasteiger partial charge in [0.15, 0.2) is 6.61 Å². The van der Waals surface area contributed by atoms with Crippen molar-refractivity contribution in [1.82, 2.24) is 0 Å². The topological polar surface area (TPSA) is 52.6 Å². The lowest BCUT2D eigenvalue weighted by Crippen LogP contribution is -2.43. The Balaban J connectivity index is 2.58. The lowest BCUT2D eigenvalue weighted by atomic mass is 9.74. The van der Waals surface area contributed by atoms with Crippen molar-refractivity contribution in [3.8, 4) is 0 Å². The van der Waals surface area contributed by atoms with Crippen LogP contribution in [0, 0.1) is 11.8 Å². The first-order chi connectivity index (χ1) is 10.5. The Kier molecular flexibility index (Phi) is 7.91. The SMILES string of the molecule is CCC(C)C(=O)OCC(=O)OC(CC)(CC)C1CCCCC1. The van der Waals surface area contributed by atoms with E-state index in [1.807, 2.05) is 6.92 Å². The number of esters is 2. The second-order valence-electron chi connectivity index (χ2n) is 6.50. The van der Waals surface area contributed by atoms with Crippen molar-refractivity contribution in [3.05, 3.63) is 0 Å². The molecule has 1 unspecified atom stereocenters. The van der Waals surface area contributed by atoms with Crippen molar-refractivity contribution in [2.75, 3.05) is 6.61 Å². The second kappa shape index (κ2) is 9.16. The Morgan fingerprint density at radius 1 is 1.09 bits per heavy atom. The molecule has 0 bridgehead atoms. The molecule has 0 N–H and O–H groups in total. The number of ether oxygens (including phenoxy) is 2. The molecule has 1 atom stereocenters. The second-order valence-corrected chi connectivity index (χ2v) is 6.50. The van der Waals surface area contributed by atoms with Gasteiger partial charge in [0.1, 0.15) is 5.60 Å². The molecule has 0 spiro atoms. The maximum absolute atomic E-state index is 12.1. The van der Waals surface area contributed by atoms with Gasteiger partial charge in [-0.3, -0.25) is 4.79 Å². The van der Waals surface area contributed by atoms with Crippen LogP contribution in [-0.2, 0) is 19.1 Å². The van der Waals surface area contributed by atoms with Crippen LogP contribution in [0.15, 0.2) is 0 Å². The standard InChI is InChI=1S/C18H32O4/c1-5-14(4)17(20)21-13-16(19)22-18(6-2,7-3)15-11-9-8-10-12-15/h14-15H,5-13H2,1-4H3. The third-order valence-corrected chi connectivity index (χ3v) is 5.21. The summed E-state index contributed by atoms with van der Waals surface area (Å²) in [5.74, 6) is -0.472. The summed E-state index contributed by atoms with van der Waals surface area (Å²) in [6.45, 7) is 7.62. The highest BCUT2D eigenvalue weighted by atomic mass is 16.6. The molecule has 0 radical (unpaired) electrons. The van der Waals surface area contributed by atoms with Crippen molar-refractivity contribution in [2.24, 2.45) is 11.8 Å². The van der Waals surface area contributed by atoms with E-state index in [2.05, 4.69) is 13.8 Å². The van der Waals surface area contributed by atoms with Gasteiger partial charge in [0.2, 0.25) is 0 Å². The highest BCUT2D eigenvalue weighted by molar-refractivity contribution is 5.77. The summed E-state index contributed by atoms with van der Waals surface area (Å²) < 4.78 is 10.9. The van der Waals surface area contributed by atoms with Gasteiger partial charge in [-0.15, -0.1) is 0 Å². The molecule has 1 rings (SSSR count). The Morgan fingerprint density at radius 3 is 2.18 bits per heavy atom. The van der Waals surface area contributed by atoms with Gasteiger partial charge < -0.3 is 9.47 Å². The largest absolute Gasteiger partial charge is 0.456 e. The highest BCUT2D eigenvalue weighted by Crippen LogP contribution is 2.39. The minimum absolute atomic E-state index is 0.173. The molecule has 0 aliphatic heterocycles. The Hall–Kier alpha value is -1.06. The maximum Gasteiger partial charge on any atom is 0.344 e. The van der Waals surface area contributed by atoms with Gasteiger partial charge in [0.25, 0.3) is 0 Å². The molecule has 0 heterocycles. The predicted molar refractivity (Wildman–Crippen MR) is 86.4 cm³/mol. The summed E-state index contributed by atoms with van der Waals surface area (Å²) in [4.78, 5) is 23.8. The molecule has 0 aromatic rings. The smallest absolute Gasteiger partial charge is 0.344 e. The van der Waals surface area contributed by atoms with Crippen LogP contribution in [0.5, 0.6) is 0 Å². The van der Waals surface area contributed by atoms with E-state index in [4.69, 9.17) is 9.47 Å². The molecule has 1 saturated carbocycles. The molecule has 0 aromatic heterocycles. The molecule has 1 aliphatic carbocycles. The Bertz CT molecular complexity index is 354. The first-order valence-corrected chi connectivity index (χ1v) is 8.87. The number of hydrogen-bond donors (Lipinski definition) is 0. The fraction of sp³-hybridized carbons (Fsp3) is 0.889. The van der Waals surface area contributed by atoms with Gasteiger partial charge in [0, 0.05) is 0 Å². The van der Waals surface area contributed by atoms with Crippen LogP contribution in [0.4, 0.5) is 0 Å². The van der Waals surface area contributed by atoms with Crippen molar-refractivity contribution >= 4 is 11.9 Å². The molecule has 22 heavy (non-hydrogen) atoms. The van der Waals surface area contributed by atoms with Crippen LogP contribution in [0.25, 0.3) is 0 Å². The quantitative estimate of drug-likeness (QED) is 0.628. The summed E-state index contributed by atoms with van der Waals surface area (Å²) in [5.41, 5.74) is -0.389. The number of rotatable bonds is 8. The summed E-state index contributed by atoms with van der Waals surface area (Å²) in [6, 6.07) is 0. The zero-order valence-electron chi connectivity index (χ0n) is 14.7. The molecule has 128 valence electrons. The molecular weight excluding hydrogens is 280 g/mol. The van der Waals surface area contributed by atoms with Crippen LogP contribution < -0.4 is 0 Å². The molecular formula is C18H32O4. The molecule has 4 heteroatoms. The van der Waals surface area contributed by atoms with Gasteiger partial charge in [-0.2, -0.15) is 0 Å². The van der Waals surface area contributed by atoms with Crippen LogP contribution >= 0.6 is 0 Å². The van der Waals surface area contributed by atoms with Gasteiger partial charge in [-0.05, 0) is 38.0 Å². The summed E-state index contributed by atoms with van der Waals surface area (Å²) in [7, 11) is 0. The summed E-state index contributed by atoms with van der Waals surface area (Å²) >= 11 is 0. The van der Waals surface area contributed by atoms with Crippen LogP contribution in [0.3, 0.4) is 0 Å². The maximum atomic E-state index is 12.1. The van der Waals surface area contributed by atoms with Gasteiger partial charge in [-0.25, -0.2) is 4.79 Å². The van der Waals surface area contributed by atoms with Crippen LogP contribution in [0.1, 0.15) is 79.1 Å². The number of carbonyl (C=O) groups excluding carboxylic acids is 2. The lowest BCUT2D eigenvalue weighted by molar-refractivity contribution is -0.179. The Morgan fingerprint density at radius 2 is 1.68 bits per heavy atom. The van der Waals surface area contributed by atoms with E-state index in [1.165, 1.54) is 19.3 Å². The van der Waals surface area contributed by atoms with E-state index >= 15 is 0 Å². The molecule has 0 amide bonds. The third kappa shape index (κ3) is 4.99. The Labute approximate surface area is 134 Å². The lowest BCUT2D eigenvalue weighted by Gasteiger charge is -2.41. The van der Waals surface area contributed by atoms with E-state index in [1.54, 1.807) is 6.92 Å². The normalized spacial score (nSPS) is 17.8. The van der Waals surface area contributed by atoms with E-state index in [0.717, 1.165) is 25.7 Å². The van der Waals surface area contributed by atoms with Crippen molar-refractivity contribution in [3.63, 3.8) is 0 Å². The third-order valence-electron chi connectivity index (χ3n) is 5.21. The first kappa shape index (κ1) is 19.0. The number of carbonyl (C=O) groups is 2. The fourth-order valence-electron chi connectivity index (χ4n) is 3.38. The van der Waals surface area contributed by atoms with E-state index < -0.39 is 5.97 Å². The molecule has 0 saturated heterocycles. The van der Waals surface area contributed by atoms with E-state index in [0.29, 0.717) is 12.3 Å². The molecule has 0 aromatic carbocycles. The van der Waals surface area contributed by atoms with Crippen molar-refractivity contribution in [1.29, 1.82) is 0 Å². The van der Waals surface area contributed by atoms with E-state index in [9.17, 15) is 9.59 Å². The minimum Gasteiger partial charge on any atom is -0.456 e. The average Bonchev–Trinajstić information content (AvgIpc) is 2.57. The van der Waals surface area contributed by atoms with Crippen molar-refractivity contribution < 1.29 is 19.1 Å². The zero-order chi connectivity index (χ0) is 16.6. The van der Waals surface area contributed by atoms with Crippen LogP contribution in [-0.4, -0.2) is 24.1 Å². The highest BCUT2D eigenvalue weighted by Gasteiger charge is 2.39.